The number of nitriles is 1. The molecule has 0 saturated heterocycles. The van der Waals surface area contributed by atoms with Gasteiger partial charge in [0.1, 0.15) is 11.8 Å². The minimum absolute atomic E-state index is 0.155. The van der Waals surface area contributed by atoms with E-state index in [-0.39, 0.29) is 5.75 Å². The Kier molecular flexibility index (Phi) is 4.44. The molecule has 0 bridgehead atoms. The van der Waals surface area contributed by atoms with Crippen LogP contribution in [0.15, 0.2) is 48.5 Å². The number of hydrogen-bond acceptors (Lipinski definition) is 3. The average Bonchev–Trinajstić information content (AvgIpc) is 2.54. The van der Waals surface area contributed by atoms with E-state index in [0.717, 1.165) is 5.56 Å². The highest BCUT2D eigenvalue weighted by molar-refractivity contribution is 6.36. The second-order valence-corrected chi connectivity index (χ2v) is 6.15. The minimum atomic E-state index is 0.155. The molecule has 1 aromatic heterocycles. The molecule has 0 aliphatic rings. The lowest BCUT2D eigenvalue weighted by Gasteiger charge is -2.12. The molecule has 0 atom stereocenters. The van der Waals surface area contributed by atoms with E-state index in [1.54, 1.807) is 49.4 Å². The van der Waals surface area contributed by atoms with Gasteiger partial charge in [0, 0.05) is 26.7 Å². The van der Waals surface area contributed by atoms with Gasteiger partial charge in [0.25, 0.3) is 0 Å². The first-order valence-corrected chi connectivity index (χ1v) is 7.92. The Morgan fingerprint density at radius 3 is 2.50 bits per heavy atom. The topological polar surface area (TPSA) is 56.9 Å². The predicted octanol–water partition coefficient (Wildman–Crippen LogP) is 5.61. The van der Waals surface area contributed by atoms with Crippen LogP contribution < -0.4 is 0 Å². The number of aromatic hydroxyl groups is 1. The number of pyridine rings is 1. The zero-order valence-electron chi connectivity index (χ0n) is 12.7. The Balaban J connectivity index is 2.27. The van der Waals surface area contributed by atoms with Gasteiger partial charge in [-0.3, -0.25) is 4.98 Å². The highest BCUT2D eigenvalue weighted by atomic mass is 35.5. The van der Waals surface area contributed by atoms with Crippen molar-refractivity contribution in [2.45, 2.75) is 6.92 Å². The number of aromatic nitrogens is 1. The molecule has 3 nitrogen and oxygen atoms in total. The van der Waals surface area contributed by atoms with Gasteiger partial charge >= 0.3 is 0 Å². The summed E-state index contributed by atoms with van der Waals surface area (Å²) in [7, 11) is 0. The molecule has 3 aromatic rings. The largest absolute Gasteiger partial charge is 0.508 e. The third kappa shape index (κ3) is 3.07. The molecule has 0 saturated carbocycles. The summed E-state index contributed by atoms with van der Waals surface area (Å²) >= 11 is 12.3. The molecule has 1 heterocycles. The highest BCUT2D eigenvalue weighted by Gasteiger charge is 2.15. The van der Waals surface area contributed by atoms with Crippen molar-refractivity contribution in [1.82, 2.24) is 4.98 Å². The summed E-state index contributed by atoms with van der Waals surface area (Å²) < 4.78 is 0. The summed E-state index contributed by atoms with van der Waals surface area (Å²) in [5.74, 6) is 0.155. The third-order valence-electron chi connectivity index (χ3n) is 3.68. The lowest BCUT2D eigenvalue weighted by Crippen LogP contribution is -1.96. The molecular weight excluding hydrogens is 343 g/mol. The maximum Gasteiger partial charge on any atom is 0.116 e. The first-order valence-electron chi connectivity index (χ1n) is 7.16. The van der Waals surface area contributed by atoms with E-state index in [9.17, 15) is 10.4 Å². The van der Waals surface area contributed by atoms with Crippen molar-refractivity contribution in [3.63, 3.8) is 0 Å². The van der Waals surface area contributed by atoms with E-state index in [1.165, 1.54) is 0 Å². The second-order valence-electron chi connectivity index (χ2n) is 5.30. The summed E-state index contributed by atoms with van der Waals surface area (Å²) in [4.78, 5) is 4.49. The Bertz CT molecular complexity index is 978. The van der Waals surface area contributed by atoms with Gasteiger partial charge in [-0.05, 0) is 37.3 Å². The van der Waals surface area contributed by atoms with Crippen molar-refractivity contribution < 1.29 is 5.11 Å². The van der Waals surface area contributed by atoms with E-state index < -0.39 is 0 Å². The highest BCUT2D eigenvalue weighted by Crippen LogP contribution is 2.35. The minimum Gasteiger partial charge on any atom is -0.508 e. The smallest absolute Gasteiger partial charge is 0.116 e. The van der Waals surface area contributed by atoms with Crippen LogP contribution in [-0.2, 0) is 0 Å². The van der Waals surface area contributed by atoms with Crippen molar-refractivity contribution in [2.75, 3.05) is 0 Å². The Morgan fingerprint density at radius 2 is 1.83 bits per heavy atom. The number of benzene rings is 2. The van der Waals surface area contributed by atoms with Crippen molar-refractivity contribution >= 4 is 23.2 Å². The van der Waals surface area contributed by atoms with Gasteiger partial charge in [0.2, 0.25) is 0 Å². The zero-order chi connectivity index (χ0) is 17.3. The number of phenolic OH excluding ortho intramolecular Hbond substituents is 1. The van der Waals surface area contributed by atoms with Crippen molar-refractivity contribution in [2.24, 2.45) is 0 Å². The van der Waals surface area contributed by atoms with Crippen LogP contribution in [0.1, 0.15) is 11.3 Å². The summed E-state index contributed by atoms with van der Waals surface area (Å²) in [5, 5.41) is 20.2. The Morgan fingerprint density at radius 1 is 1.04 bits per heavy atom. The van der Waals surface area contributed by atoms with Crippen LogP contribution >= 0.6 is 23.2 Å². The molecule has 0 fully saturated rings. The molecule has 0 radical (unpaired) electrons. The van der Waals surface area contributed by atoms with E-state index in [2.05, 4.69) is 11.1 Å². The summed E-state index contributed by atoms with van der Waals surface area (Å²) in [6.07, 6.45) is 0. The molecule has 0 aliphatic carbocycles. The van der Waals surface area contributed by atoms with Crippen LogP contribution in [0.25, 0.3) is 22.4 Å². The van der Waals surface area contributed by atoms with Crippen LogP contribution in [0.3, 0.4) is 0 Å². The van der Waals surface area contributed by atoms with Crippen LogP contribution in [0.4, 0.5) is 0 Å². The fourth-order valence-corrected chi connectivity index (χ4v) is 3.06. The Hall–Kier alpha value is -2.54. The number of aryl methyl sites for hydroxylation is 1. The quantitative estimate of drug-likeness (QED) is 0.650. The lowest BCUT2D eigenvalue weighted by molar-refractivity contribution is 0.475. The van der Waals surface area contributed by atoms with Gasteiger partial charge in [-0.1, -0.05) is 41.4 Å². The number of nitrogens with zero attached hydrogens (tertiary/aromatic N) is 2. The van der Waals surface area contributed by atoms with Crippen LogP contribution in [0.5, 0.6) is 5.75 Å². The maximum atomic E-state index is 9.69. The molecule has 0 amide bonds. The molecule has 118 valence electrons. The summed E-state index contributed by atoms with van der Waals surface area (Å²) in [6, 6.07) is 16.0. The standard InChI is InChI=1S/C19H12Cl2N2O/c1-11-17(10-22)16(15-6-5-13(20)8-18(15)21)9-19(23-11)12-3-2-4-14(24)7-12/h2-9,24H,1H3. The fourth-order valence-electron chi connectivity index (χ4n) is 2.55. The van der Waals surface area contributed by atoms with Gasteiger partial charge in [0.05, 0.1) is 17.0 Å². The van der Waals surface area contributed by atoms with Gasteiger partial charge in [0.15, 0.2) is 0 Å². The van der Waals surface area contributed by atoms with Gasteiger partial charge < -0.3 is 5.11 Å². The molecule has 5 heteroatoms. The third-order valence-corrected chi connectivity index (χ3v) is 4.22. The van der Waals surface area contributed by atoms with E-state index in [4.69, 9.17) is 23.2 Å². The summed E-state index contributed by atoms with van der Waals surface area (Å²) in [6.45, 7) is 1.78. The molecule has 0 spiro atoms. The second kappa shape index (κ2) is 6.52. The SMILES string of the molecule is Cc1nc(-c2cccc(O)c2)cc(-c2ccc(Cl)cc2Cl)c1C#N. The molecule has 2 aromatic carbocycles. The van der Waals surface area contributed by atoms with Crippen LogP contribution in [-0.4, -0.2) is 10.1 Å². The number of phenols is 1. The van der Waals surface area contributed by atoms with Crippen molar-refractivity contribution in [1.29, 1.82) is 5.26 Å². The maximum absolute atomic E-state index is 9.69. The number of halogens is 2. The first kappa shape index (κ1) is 16.3. The van der Waals surface area contributed by atoms with E-state index in [1.807, 2.05) is 6.07 Å². The number of hydrogen-bond donors (Lipinski definition) is 1. The van der Waals surface area contributed by atoms with Crippen molar-refractivity contribution in [3.05, 3.63) is 69.8 Å². The summed E-state index contributed by atoms with van der Waals surface area (Å²) in [5.41, 5.74) is 3.87. The van der Waals surface area contributed by atoms with Gasteiger partial charge in [-0.25, -0.2) is 0 Å². The average molecular weight is 355 g/mol. The van der Waals surface area contributed by atoms with Gasteiger partial charge in [-0.15, -0.1) is 0 Å². The van der Waals surface area contributed by atoms with Crippen LogP contribution in [0.2, 0.25) is 10.0 Å². The monoisotopic (exact) mass is 354 g/mol. The number of rotatable bonds is 2. The normalized spacial score (nSPS) is 10.4. The van der Waals surface area contributed by atoms with Gasteiger partial charge in [-0.2, -0.15) is 5.26 Å². The van der Waals surface area contributed by atoms with E-state index >= 15 is 0 Å². The molecule has 1 N–H and O–H groups in total. The molecule has 0 aliphatic heterocycles. The van der Waals surface area contributed by atoms with Crippen LogP contribution in [0, 0.1) is 18.3 Å². The van der Waals surface area contributed by atoms with E-state index in [0.29, 0.717) is 38.1 Å². The fraction of sp³-hybridized carbons (Fsp3) is 0.0526. The zero-order valence-corrected chi connectivity index (χ0v) is 14.2. The molecule has 0 unspecified atom stereocenters. The predicted molar refractivity (Wildman–Crippen MR) is 96.2 cm³/mol. The molecular formula is C19H12Cl2N2O. The lowest BCUT2D eigenvalue weighted by atomic mass is 9.97. The molecule has 24 heavy (non-hydrogen) atoms. The Labute approximate surface area is 149 Å². The first-order chi connectivity index (χ1) is 11.5. The van der Waals surface area contributed by atoms with Crippen molar-refractivity contribution in [3.8, 4) is 34.2 Å². The molecule has 3 rings (SSSR count).